The maximum Gasteiger partial charge on any atom is 0.209 e. The standard InChI is InChI=1S/C57H58N2O4S3/c1-3-5-21-43-23-13-16-30-52(43)58(37-19-39-64-47-25-9-7-10-26-47)45-33-35-49-54(41-45)63-55-42-46(34-36-50(55)57(49)51-29-15-18-32-56(51)66(60,61)62)59(38-20-40-65-48-27-11-8-12-28-48)53-31-17-14-24-44(53)22-6-4-2/h7-18,23-36,41-42H,3-6,19-22,37-40H2,1-2H3. The smallest absolute Gasteiger partial charge is 0.209 e. The predicted molar refractivity (Wildman–Crippen MR) is 277 cm³/mol. The van der Waals surface area contributed by atoms with Crippen molar-refractivity contribution in [3.05, 3.63) is 186 Å². The topological polar surface area (TPSA) is 76.6 Å². The molecule has 0 unspecified atom stereocenters. The number of hydrogen-bond donors (Lipinski definition) is 0. The van der Waals surface area contributed by atoms with Crippen molar-refractivity contribution in [2.75, 3.05) is 29.5 Å². The highest BCUT2D eigenvalue weighted by molar-refractivity contribution is 7.99. The van der Waals surface area contributed by atoms with Gasteiger partial charge < -0.3 is 13.9 Å². The number of unbranched alkanes of at least 4 members (excludes halogenated alkanes) is 2. The van der Waals surface area contributed by atoms with Gasteiger partial charge >= 0.3 is 0 Å². The zero-order valence-electron chi connectivity index (χ0n) is 37.9. The lowest BCUT2D eigenvalue weighted by atomic mass is 9.93. The molecule has 0 amide bonds. The molecule has 0 atom stereocenters. The third kappa shape index (κ3) is 11.5. The van der Waals surface area contributed by atoms with E-state index in [0.29, 0.717) is 22.5 Å². The number of para-hydroxylation sites is 2. The van der Waals surface area contributed by atoms with Crippen molar-refractivity contribution in [2.24, 2.45) is 0 Å². The van der Waals surface area contributed by atoms with Crippen LogP contribution in [0.2, 0.25) is 0 Å². The van der Waals surface area contributed by atoms with Crippen LogP contribution in [0.3, 0.4) is 0 Å². The van der Waals surface area contributed by atoms with Gasteiger partial charge in [0.1, 0.15) is 28.0 Å². The maximum atomic E-state index is 12.9. The number of fused-ring (bicyclic) bond motifs is 2. The normalized spacial score (nSPS) is 12.2. The minimum atomic E-state index is -4.83. The molecule has 2 aliphatic rings. The Bertz CT molecular complexity index is 3010. The van der Waals surface area contributed by atoms with Gasteiger partial charge in [0.25, 0.3) is 0 Å². The second-order valence-corrected chi connectivity index (χ2v) is 20.3. The number of rotatable bonds is 21. The monoisotopic (exact) mass is 930 g/mol. The summed E-state index contributed by atoms with van der Waals surface area (Å²) in [7, 11) is -4.83. The van der Waals surface area contributed by atoms with Crippen LogP contribution < -0.4 is 14.8 Å². The van der Waals surface area contributed by atoms with Crippen LogP contribution in [-0.4, -0.2) is 37.6 Å². The SMILES string of the molecule is CCCCc1ccccc1N(CCCSc1ccccc1)c1ccc2c(-c3ccccc3S(=O)(=O)[O-])c3ccc(=[N+](CCCSc4ccccc4)c4ccccc4CCCC)cc-3oc2c1. The molecule has 0 fully saturated rings. The van der Waals surface area contributed by atoms with Crippen LogP contribution in [0.15, 0.2) is 189 Å². The Balaban J connectivity index is 1.30. The molecule has 8 rings (SSSR count). The fraction of sp³-hybridized carbons (Fsp3) is 0.246. The number of aryl methyl sites for hydroxylation is 2. The van der Waals surface area contributed by atoms with Crippen LogP contribution in [0.5, 0.6) is 0 Å². The van der Waals surface area contributed by atoms with E-state index in [2.05, 4.69) is 157 Å². The molecule has 1 aliphatic heterocycles. The van der Waals surface area contributed by atoms with Crippen LogP contribution in [-0.2, 0) is 23.0 Å². The summed E-state index contributed by atoms with van der Waals surface area (Å²) in [6, 6.07) is 57.5. The molecule has 0 radical (unpaired) electrons. The van der Waals surface area contributed by atoms with Gasteiger partial charge in [0.05, 0.1) is 11.0 Å². The molecule has 0 saturated carbocycles. The van der Waals surface area contributed by atoms with Crippen molar-refractivity contribution in [2.45, 2.75) is 79.9 Å². The van der Waals surface area contributed by atoms with Gasteiger partial charge in [0, 0.05) is 85.7 Å². The van der Waals surface area contributed by atoms with E-state index in [0.717, 1.165) is 98.0 Å². The van der Waals surface area contributed by atoms with Gasteiger partial charge in [-0.1, -0.05) is 118 Å². The minimum Gasteiger partial charge on any atom is -0.744 e. The fourth-order valence-corrected chi connectivity index (χ4v) is 11.1. The first-order valence-corrected chi connectivity index (χ1v) is 26.7. The van der Waals surface area contributed by atoms with E-state index in [4.69, 9.17) is 4.42 Å². The zero-order chi connectivity index (χ0) is 45.7. The molecule has 338 valence electrons. The van der Waals surface area contributed by atoms with Crippen molar-refractivity contribution in [3.8, 4) is 22.5 Å². The number of benzene rings is 7. The Morgan fingerprint density at radius 1 is 0.606 bits per heavy atom. The van der Waals surface area contributed by atoms with E-state index in [9.17, 15) is 13.0 Å². The molecule has 1 heterocycles. The molecule has 0 saturated heterocycles. The van der Waals surface area contributed by atoms with Crippen molar-refractivity contribution >= 4 is 61.7 Å². The predicted octanol–water partition coefficient (Wildman–Crippen LogP) is 14.4. The highest BCUT2D eigenvalue weighted by Gasteiger charge is 2.25. The average molecular weight is 931 g/mol. The average Bonchev–Trinajstić information content (AvgIpc) is 3.35. The molecule has 6 nitrogen and oxygen atoms in total. The second-order valence-electron chi connectivity index (χ2n) is 16.6. The molecule has 0 spiro atoms. The molecule has 0 aromatic heterocycles. The van der Waals surface area contributed by atoms with Gasteiger partial charge in [0.2, 0.25) is 11.0 Å². The van der Waals surface area contributed by atoms with Gasteiger partial charge in [-0.15, -0.1) is 23.5 Å². The van der Waals surface area contributed by atoms with Crippen LogP contribution >= 0.6 is 23.5 Å². The second kappa shape index (κ2) is 22.7. The maximum absolute atomic E-state index is 12.9. The van der Waals surface area contributed by atoms with E-state index in [1.54, 1.807) is 18.2 Å². The first-order chi connectivity index (χ1) is 32.3. The summed E-state index contributed by atoms with van der Waals surface area (Å²) in [6.45, 7) is 6.02. The molecular formula is C57H58N2O4S3. The van der Waals surface area contributed by atoms with Crippen LogP contribution in [0.25, 0.3) is 33.4 Å². The van der Waals surface area contributed by atoms with Crippen LogP contribution in [0.4, 0.5) is 17.1 Å². The number of hydrogen-bond acceptors (Lipinski definition) is 7. The first-order valence-electron chi connectivity index (χ1n) is 23.3. The Labute approximate surface area is 399 Å². The van der Waals surface area contributed by atoms with Crippen LogP contribution in [0, 0.1) is 0 Å². The third-order valence-corrected chi connectivity index (χ3v) is 15.1. The molecule has 6 aromatic rings. The highest BCUT2D eigenvalue weighted by atomic mass is 32.2. The lowest BCUT2D eigenvalue weighted by Gasteiger charge is -2.28. The van der Waals surface area contributed by atoms with Gasteiger partial charge in [-0.2, -0.15) is 4.58 Å². The van der Waals surface area contributed by atoms with Crippen molar-refractivity contribution in [3.63, 3.8) is 0 Å². The van der Waals surface area contributed by atoms with Gasteiger partial charge in [0.15, 0.2) is 0 Å². The Morgan fingerprint density at radius 2 is 1.23 bits per heavy atom. The summed E-state index contributed by atoms with van der Waals surface area (Å²) in [5.41, 5.74) is 8.27. The summed E-state index contributed by atoms with van der Waals surface area (Å²) in [5.74, 6) is 2.52. The number of anilines is 2. The highest BCUT2D eigenvalue weighted by Crippen LogP contribution is 2.44. The molecule has 0 N–H and O–H groups in total. The molecule has 1 aliphatic carbocycles. The zero-order valence-corrected chi connectivity index (χ0v) is 40.4. The Hall–Kier alpha value is -5.58. The van der Waals surface area contributed by atoms with Gasteiger partial charge in [-0.3, -0.25) is 0 Å². The first kappa shape index (κ1) is 46.9. The van der Waals surface area contributed by atoms with E-state index in [1.807, 2.05) is 35.7 Å². The Kier molecular flexibility index (Phi) is 16.2. The quantitative estimate of drug-likeness (QED) is 0.0234. The largest absolute Gasteiger partial charge is 0.744 e. The van der Waals surface area contributed by atoms with Crippen molar-refractivity contribution in [1.29, 1.82) is 0 Å². The third-order valence-electron chi connectivity index (χ3n) is 12.0. The summed E-state index contributed by atoms with van der Waals surface area (Å²) in [4.78, 5) is 4.66. The minimum absolute atomic E-state index is 0.253. The lowest BCUT2D eigenvalue weighted by molar-refractivity contribution is 0.463. The lowest BCUT2D eigenvalue weighted by Crippen LogP contribution is -2.28. The molecule has 6 aromatic carbocycles. The molecule has 9 heteroatoms. The van der Waals surface area contributed by atoms with Gasteiger partial charge in [-0.05, 0) is 98.0 Å². The van der Waals surface area contributed by atoms with E-state index in [-0.39, 0.29) is 4.90 Å². The Morgan fingerprint density at radius 3 is 1.94 bits per heavy atom. The summed E-state index contributed by atoms with van der Waals surface area (Å²) < 4.78 is 48.3. The molecular weight excluding hydrogens is 873 g/mol. The summed E-state index contributed by atoms with van der Waals surface area (Å²) in [5, 5.41) is 1.71. The van der Waals surface area contributed by atoms with Crippen molar-refractivity contribution < 1.29 is 17.4 Å². The van der Waals surface area contributed by atoms with Crippen molar-refractivity contribution in [1.82, 2.24) is 4.58 Å². The van der Waals surface area contributed by atoms with Gasteiger partial charge in [-0.25, -0.2) is 8.42 Å². The molecule has 66 heavy (non-hydrogen) atoms. The van der Waals surface area contributed by atoms with Crippen LogP contribution in [0.1, 0.15) is 63.5 Å². The number of thioether (sulfide) groups is 2. The summed E-state index contributed by atoms with van der Waals surface area (Å²) in [6.07, 6.45) is 8.21. The van der Waals surface area contributed by atoms with E-state index >= 15 is 0 Å². The molecule has 0 bridgehead atoms. The fourth-order valence-electron chi connectivity index (χ4n) is 8.73. The van der Waals surface area contributed by atoms with E-state index < -0.39 is 10.1 Å². The number of nitrogens with zero attached hydrogens (tertiary/aromatic N) is 2. The summed E-state index contributed by atoms with van der Waals surface area (Å²) >= 11 is 3.73. The van der Waals surface area contributed by atoms with E-state index in [1.165, 1.54) is 38.4 Å².